The number of amides is 1. The number of benzene rings is 2. The van der Waals surface area contributed by atoms with Gasteiger partial charge in [-0.2, -0.15) is 0 Å². The molecule has 5 heteroatoms. The lowest BCUT2D eigenvalue weighted by Gasteiger charge is -2.47. The van der Waals surface area contributed by atoms with Gasteiger partial charge in [0.15, 0.2) is 0 Å². The maximum absolute atomic E-state index is 12.5. The summed E-state index contributed by atoms with van der Waals surface area (Å²) in [7, 11) is 2.15. The Bertz CT molecular complexity index is 805. The summed E-state index contributed by atoms with van der Waals surface area (Å²) < 4.78 is 6.14. The molecule has 2 saturated heterocycles. The normalized spacial score (nSPS) is 20.9. The van der Waals surface area contributed by atoms with E-state index in [1.54, 1.807) is 0 Å². The van der Waals surface area contributed by atoms with Gasteiger partial charge in [0.05, 0.1) is 26.1 Å². The van der Waals surface area contributed by atoms with Gasteiger partial charge in [-0.25, -0.2) is 0 Å². The van der Waals surface area contributed by atoms with Gasteiger partial charge in [-0.15, -0.1) is 0 Å². The third kappa shape index (κ3) is 4.03. The molecule has 1 spiro atoms. The minimum atomic E-state index is -0.161. The molecule has 1 amide bonds. The van der Waals surface area contributed by atoms with Crippen LogP contribution < -0.4 is 0 Å². The predicted molar refractivity (Wildman–Crippen MR) is 107 cm³/mol. The predicted octanol–water partition coefficient (Wildman–Crippen LogP) is 3.38. The van der Waals surface area contributed by atoms with Crippen LogP contribution in [0.3, 0.4) is 0 Å². The molecule has 0 radical (unpaired) electrons. The average molecular weight is 385 g/mol. The smallest absolute Gasteiger partial charge is 0.227 e. The van der Waals surface area contributed by atoms with Gasteiger partial charge in [-0.05, 0) is 30.7 Å². The van der Waals surface area contributed by atoms with Crippen molar-refractivity contribution in [2.24, 2.45) is 0 Å². The van der Waals surface area contributed by atoms with E-state index in [9.17, 15) is 4.79 Å². The molecule has 2 aliphatic heterocycles. The Labute approximate surface area is 165 Å². The molecule has 2 aliphatic rings. The fourth-order valence-corrected chi connectivity index (χ4v) is 4.27. The summed E-state index contributed by atoms with van der Waals surface area (Å²) in [4.78, 5) is 16.8. The molecule has 2 fully saturated rings. The van der Waals surface area contributed by atoms with Crippen molar-refractivity contribution in [2.45, 2.75) is 31.0 Å². The van der Waals surface area contributed by atoms with Crippen LogP contribution in [0.2, 0.25) is 5.02 Å². The van der Waals surface area contributed by atoms with Crippen LogP contribution in [0, 0.1) is 0 Å². The first-order chi connectivity index (χ1) is 13.0. The highest BCUT2D eigenvalue weighted by atomic mass is 35.5. The zero-order valence-corrected chi connectivity index (χ0v) is 16.4. The van der Waals surface area contributed by atoms with Crippen LogP contribution in [0.4, 0.5) is 0 Å². The molecule has 0 bridgehead atoms. The Kier molecular flexibility index (Phi) is 5.22. The summed E-state index contributed by atoms with van der Waals surface area (Å²) >= 11 is 6.17. The lowest BCUT2D eigenvalue weighted by Crippen LogP contribution is -2.63. The van der Waals surface area contributed by atoms with E-state index in [0.29, 0.717) is 30.6 Å². The fourth-order valence-electron chi connectivity index (χ4n) is 4.07. The zero-order valence-electron chi connectivity index (χ0n) is 15.6. The van der Waals surface area contributed by atoms with E-state index in [4.69, 9.17) is 16.3 Å². The van der Waals surface area contributed by atoms with Crippen molar-refractivity contribution in [3.63, 3.8) is 0 Å². The molecule has 27 heavy (non-hydrogen) atoms. The van der Waals surface area contributed by atoms with Crippen LogP contribution in [-0.2, 0) is 22.5 Å². The third-order valence-corrected chi connectivity index (χ3v) is 6.07. The molecule has 1 atom stereocenters. The Morgan fingerprint density at radius 2 is 1.89 bits per heavy atom. The Balaban J connectivity index is 1.29. The van der Waals surface area contributed by atoms with E-state index >= 15 is 0 Å². The maximum atomic E-state index is 12.5. The molecule has 2 heterocycles. The molecule has 0 saturated carbocycles. The molecule has 4 rings (SSSR count). The van der Waals surface area contributed by atoms with Crippen LogP contribution in [0.25, 0.3) is 0 Å². The first kappa shape index (κ1) is 18.5. The molecule has 4 nitrogen and oxygen atoms in total. The van der Waals surface area contributed by atoms with E-state index in [2.05, 4.69) is 36.2 Å². The number of rotatable bonds is 5. The van der Waals surface area contributed by atoms with Gasteiger partial charge in [0.25, 0.3) is 0 Å². The van der Waals surface area contributed by atoms with E-state index in [-0.39, 0.29) is 11.5 Å². The Morgan fingerprint density at radius 1 is 1.19 bits per heavy atom. The lowest BCUT2D eigenvalue weighted by atomic mass is 9.88. The van der Waals surface area contributed by atoms with E-state index < -0.39 is 0 Å². The maximum Gasteiger partial charge on any atom is 0.227 e. The number of ether oxygens (including phenoxy) is 1. The monoisotopic (exact) mass is 384 g/mol. The number of likely N-dealkylation sites (N-methyl/N-ethyl adjacent to an activating group) is 1. The topological polar surface area (TPSA) is 32.8 Å². The van der Waals surface area contributed by atoms with Crippen LogP contribution in [0.1, 0.15) is 17.5 Å². The number of hydrogen-bond donors (Lipinski definition) is 0. The highest BCUT2D eigenvalue weighted by molar-refractivity contribution is 6.31. The minimum Gasteiger partial charge on any atom is -0.370 e. The molecular formula is C22H25ClN2O2. The van der Waals surface area contributed by atoms with Crippen molar-refractivity contribution in [2.75, 3.05) is 26.7 Å². The average Bonchev–Trinajstić information content (AvgIpc) is 3.09. The van der Waals surface area contributed by atoms with Gasteiger partial charge in [0.2, 0.25) is 5.91 Å². The summed E-state index contributed by atoms with van der Waals surface area (Å²) in [5, 5.41) is 0.654. The van der Waals surface area contributed by atoms with Crippen molar-refractivity contribution in [1.29, 1.82) is 0 Å². The van der Waals surface area contributed by atoms with Gasteiger partial charge < -0.3 is 9.64 Å². The van der Waals surface area contributed by atoms with Crippen molar-refractivity contribution in [3.05, 3.63) is 70.7 Å². The molecule has 1 unspecified atom stereocenters. The largest absolute Gasteiger partial charge is 0.370 e. The van der Waals surface area contributed by atoms with E-state index in [0.717, 1.165) is 25.1 Å². The Morgan fingerprint density at radius 3 is 2.63 bits per heavy atom. The summed E-state index contributed by atoms with van der Waals surface area (Å²) in [6.45, 7) is 3.02. The van der Waals surface area contributed by atoms with Crippen molar-refractivity contribution < 1.29 is 9.53 Å². The standard InChI is InChI=1S/C22H25ClN2O2/c1-24(13-17-7-3-2-4-8-17)19-12-22(27-14-19)15-25(16-22)21(26)11-18-9-5-6-10-20(18)23/h2-10,19H,11-16H2,1H3. The van der Waals surface area contributed by atoms with Crippen molar-refractivity contribution >= 4 is 17.5 Å². The highest BCUT2D eigenvalue weighted by Gasteiger charge is 2.51. The van der Waals surface area contributed by atoms with E-state index in [1.165, 1.54) is 5.56 Å². The number of hydrogen-bond acceptors (Lipinski definition) is 3. The van der Waals surface area contributed by atoms with Crippen molar-refractivity contribution in [1.82, 2.24) is 9.80 Å². The second-order valence-corrected chi connectivity index (χ2v) is 8.18. The molecular weight excluding hydrogens is 360 g/mol. The summed E-state index contributed by atoms with van der Waals surface area (Å²) in [5.41, 5.74) is 2.04. The summed E-state index contributed by atoms with van der Waals surface area (Å²) in [5.74, 6) is 0.124. The van der Waals surface area contributed by atoms with Crippen molar-refractivity contribution in [3.8, 4) is 0 Å². The Hall–Kier alpha value is -1.88. The second kappa shape index (κ2) is 7.63. The molecule has 142 valence electrons. The summed E-state index contributed by atoms with van der Waals surface area (Å²) in [6, 6.07) is 18.4. The number of carbonyl (C=O) groups excluding carboxylic acids is 1. The molecule has 0 aliphatic carbocycles. The number of carbonyl (C=O) groups is 1. The van der Waals surface area contributed by atoms with Crippen LogP contribution in [-0.4, -0.2) is 54.1 Å². The first-order valence-corrected chi connectivity index (χ1v) is 9.82. The second-order valence-electron chi connectivity index (χ2n) is 7.77. The minimum absolute atomic E-state index is 0.124. The number of nitrogens with zero attached hydrogens (tertiary/aromatic N) is 2. The van der Waals surface area contributed by atoms with Gasteiger partial charge in [0, 0.05) is 17.6 Å². The lowest BCUT2D eigenvalue weighted by molar-refractivity contribution is -0.157. The highest BCUT2D eigenvalue weighted by Crippen LogP contribution is 2.37. The van der Waals surface area contributed by atoms with Crippen LogP contribution in [0.15, 0.2) is 54.6 Å². The van der Waals surface area contributed by atoms with Crippen LogP contribution >= 0.6 is 11.6 Å². The summed E-state index contributed by atoms with van der Waals surface area (Å²) in [6.07, 6.45) is 1.33. The number of likely N-dealkylation sites (tertiary alicyclic amines) is 1. The molecule has 0 aromatic heterocycles. The van der Waals surface area contributed by atoms with Crippen LogP contribution in [0.5, 0.6) is 0 Å². The van der Waals surface area contributed by atoms with Gasteiger partial charge in [-0.3, -0.25) is 9.69 Å². The van der Waals surface area contributed by atoms with Gasteiger partial charge >= 0.3 is 0 Å². The first-order valence-electron chi connectivity index (χ1n) is 9.44. The quantitative estimate of drug-likeness (QED) is 0.792. The van der Waals surface area contributed by atoms with Gasteiger partial charge in [0.1, 0.15) is 5.60 Å². The molecule has 0 N–H and O–H groups in total. The zero-order chi connectivity index (χ0) is 18.9. The van der Waals surface area contributed by atoms with Gasteiger partial charge in [-0.1, -0.05) is 60.1 Å². The fraction of sp³-hybridized carbons (Fsp3) is 0.409. The number of halogens is 1. The third-order valence-electron chi connectivity index (χ3n) is 5.70. The molecule has 2 aromatic carbocycles. The molecule has 2 aromatic rings. The van der Waals surface area contributed by atoms with E-state index in [1.807, 2.05) is 35.2 Å². The SMILES string of the molecule is CN(Cc1ccccc1)C1COC2(C1)CN(C(=O)Cc1ccccc1Cl)C2.